The van der Waals surface area contributed by atoms with E-state index < -0.39 is 11.9 Å². The van der Waals surface area contributed by atoms with Crippen LogP contribution in [-0.4, -0.2) is 49.3 Å². The minimum Gasteiger partial charge on any atom is -0.463 e. The van der Waals surface area contributed by atoms with E-state index in [1.165, 1.54) is 24.8 Å². The van der Waals surface area contributed by atoms with Crippen molar-refractivity contribution in [1.29, 1.82) is 0 Å². The molecule has 0 saturated heterocycles. The summed E-state index contributed by atoms with van der Waals surface area (Å²) in [5, 5.41) is 20.1. The van der Waals surface area contributed by atoms with Crippen LogP contribution in [0, 0.1) is 0 Å². The third-order valence-electron chi connectivity index (χ3n) is 8.52. The second-order valence-electron chi connectivity index (χ2n) is 12.8. The van der Waals surface area contributed by atoms with Crippen LogP contribution in [-0.2, 0) is 29.0 Å². The van der Waals surface area contributed by atoms with Gasteiger partial charge in [-0.25, -0.2) is 4.79 Å². The molecule has 44 heavy (non-hydrogen) atoms. The maximum absolute atomic E-state index is 12.2. The van der Waals surface area contributed by atoms with Crippen LogP contribution in [0.15, 0.2) is 42.5 Å². The molecule has 0 radical (unpaired) electrons. The van der Waals surface area contributed by atoms with E-state index in [0.29, 0.717) is 25.7 Å². The summed E-state index contributed by atoms with van der Waals surface area (Å²) >= 11 is 0. The Morgan fingerprint density at radius 3 is 2.59 bits per heavy atom. The highest BCUT2D eigenvalue weighted by molar-refractivity contribution is 5.74. The van der Waals surface area contributed by atoms with Crippen molar-refractivity contribution in [2.75, 3.05) is 26.3 Å². The van der Waals surface area contributed by atoms with Crippen LogP contribution in [0.2, 0.25) is 0 Å². The van der Waals surface area contributed by atoms with E-state index in [2.05, 4.69) is 40.2 Å². The molecule has 1 aliphatic carbocycles. The quantitative estimate of drug-likeness (QED) is 0.141. The first kappa shape index (κ1) is 34.2. The normalized spacial score (nSPS) is 17.0. The molecular weight excluding hydrogens is 554 g/mol. The average molecular weight is 610 g/mol. The summed E-state index contributed by atoms with van der Waals surface area (Å²) < 4.78 is 17.4. The van der Waals surface area contributed by atoms with Crippen molar-refractivity contribution in [2.24, 2.45) is 0 Å². The molecule has 1 saturated carbocycles. The van der Waals surface area contributed by atoms with Crippen molar-refractivity contribution in [3.8, 4) is 5.75 Å². The number of carbonyl (C=O) groups excluding carboxylic acids is 1. The van der Waals surface area contributed by atoms with Gasteiger partial charge in [0.1, 0.15) is 5.75 Å². The van der Waals surface area contributed by atoms with Crippen LogP contribution in [0.4, 0.5) is 4.79 Å². The molecule has 244 valence electrons. The number of urea groups is 1. The van der Waals surface area contributed by atoms with E-state index in [1.807, 2.05) is 32.0 Å². The minimum absolute atomic E-state index is 0.0512. The number of unbranched alkanes of at least 4 members (excludes halogenated alkanes) is 4. The predicted molar refractivity (Wildman–Crippen MR) is 175 cm³/mol. The Balaban J connectivity index is 0.951. The molecule has 2 aliphatic rings. The van der Waals surface area contributed by atoms with Crippen molar-refractivity contribution in [3.05, 3.63) is 64.7 Å². The number of hydrogen-bond acceptors (Lipinski definition) is 6. The zero-order valence-electron chi connectivity index (χ0n) is 27.0. The number of amides is 2. The van der Waals surface area contributed by atoms with Crippen molar-refractivity contribution < 1.29 is 24.1 Å². The maximum Gasteiger partial charge on any atom is 0.315 e. The average Bonchev–Trinajstić information content (AvgIpc) is 3.02. The van der Waals surface area contributed by atoms with Crippen LogP contribution in [0.5, 0.6) is 5.75 Å². The number of hydrogen-bond donors (Lipinski definition) is 4. The van der Waals surface area contributed by atoms with Gasteiger partial charge in [-0.1, -0.05) is 62.4 Å². The first-order chi connectivity index (χ1) is 21.4. The fourth-order valence-corrected chi connectivity index (χ4v) is 5.93. The number of ether oxygens (including phenoxy) is 3. The second kappa shape index (κ2) is 18.4. The number of aryl methyl sites for hydroxylation is 1. The summed E-state index contributed by atoms with van der Waals surface area (Å²) in [4.78, 5) is 12.2. The summed E-state index contributed by atoms with van der Waals surface area (Å²) in [6.07, 6.45) is 13.0. The smallest absolute Gasteiger partial charge is 0.315 e. The number of aliphatic hydroxyl groups excluding tert-OH is 1. The van der Waals surface area contributed by atoms with Crippen molar-refractivity contribution in [2.45, 2.75) is 122 Å². The van der Waals surface area contributed by atoms with Gasteiger partial charge in [0.2, 0.25) is 5.79 Å². The van der Waals surface area contributed by atoms with Crippen LogP contribution in [0.3, 0.4) is 0 Å². The molecule has 0 bridgehead atoms. The molecule has 2 aromatic rings. The Bertz CT molecular complexity index is 1130. The molecule has 4 rings (SSSR count). The van der Waals surface area contributed by atoms with Gasteiger partial charge < -0.3 is 35.3 Å². The molecule has 1 aliphatic heterocycles. The fraction of sp³-hybridized carbons (Fsp3) is 0.639. The standard InChI is InChI=1S/C36H55N3O5/c1-36(2)43-27-31-24-30(18-19-34(31)44-36)33(40)26-37-20-9-3-4-10-21-42-22-11-8-13-28-14-12-15-29(23-28)25-38-35(41)39-32-16-6-5-7-17-32/h12,14-15,18-19,23-24,32-33,37,40H,3-11,13,16-17,20-22,25-27H2,1-2H3,(H2,38,39,41)/t33-/m1/s1. The summed E-state index contributed by atoms with van der Waals surface area (Å²) in [5.74, 6) is 0.223. The molecule has 2 amide bonds. The first-order valence-corrected chi connectivity index (χ1v) is 16.9. The molecule has 1 fully saturated rings. The van der Waals surface area contributed by atoms with Gasteiger partial charge in [0.15, 0.2) is 0 Å². The first-order valence-electron chi connectivity index (χ1n) is 16.9. The van der Waals surface area contributed by atoms with Crippen molar-refractivity contribution >= 4 is 6.03 Å². The Morgan fingerprint density at radius 2 is 1.75 bits per heavy atom. The lowest BCUT2D eigenvalue weighted by Crippen LogP contribution is -2.42. The number of carbonyl (C=O) groups is 1. The van der Waals surface area contributed by atoms with Gasteiger partial charge in [0.05, 0.1) is 12.7 Å². The molecule has 0 spiro atoms. The lowest BCUT2D eigenvalue weighted by molar-refractivity contribution is -0.180. The molecule has 0 unspecified atom stereocenters. The number of benzene rings is 2. The van der Waals surface area contributed by atoms with E-state index >= 15 is 0 Å². The number of fused-ring (bicyclic) bond motifs is 1. The highest BCUT2D eigenvalue weighted by Crippen LogP contribution is 2.32. The third kappa shape index (κ3) is 12.4. The van der Waals surface area contributed by atoms with Crippen molar-refractivity contribution in [1.82, 2.24) is 16.0 Å². The molecule has 1 atom stereocenters. The highest BCUT2D eigenvalue weighted by Gasteiger charge is 2.27. The van der Waals surface area contributed by atoms with E-state index in [-0.39, 0.29) is 6.03 Å². The van der Waals surface area contributed by atoms with Crippen LogP contribution < -0.4 is 20.7 Å². The lowest BCUT2D eigenvalue weighted by Gasteiger charge is -2.33. The van der Waals surface area contributed by atoms with E-state index in [9.17, 15) is 9.90 Å². The Kier molecular flexibility index (Phi) is 14.3. The Morgan fingerprint density at radius 1 is 0.977 bits per heavy atom. The largest absolute Gasteiger partial charge is 0.463 e. The number of rotatable bonds is 18. The van der Waals surface area contributed by atoms with E-state index in [1.54, 1.807) is 0 Å². The highest BCUT2D eigenvalue weighted by atomic mass is 16.7. The maximum atomic E-state index is 12.2. The fourth-order valence-electron chi connectivity index (χ4n) is 5.93. The molecule has 2 aromatic carbocycles. The molecule has 4 N–H and O–H groups in total. The van der Waals surface area contributed by atoms with Crippen LogP contribution in [0.25, 0.3) is 0 Å². The van der Waals surface area contributed by atoms with Gasteiger partial charge in [-0.2, -0.15) is 0 Å². The molecule has 8 nitrogen and oxygen atoms in total. The Labute approximate surface area is 264 Å². The zero-order chi connectivity index (χ0) is 31.0. The number of aliphatic hydroxyl groups is 1. The summed E-state index contributed by atoms with van der Waals surface area (Å²) in [6.45, 7) is 7.93. The molecule has 0 aromatic heterocycles. The van der Waals surface area contributed by atoms with Gasteiger partial charge in [-0.05, 0) is 80.3 Å². The van der Waals surface area contributed by atoms with Gasteiger partial charge in [-0.15, -0.1) is 0 Å². The van der Waals surface area contributed by atoms with Gasteiger partial charge in [0.25, 0.3) is 0 Å². The summed E-state index contributed by atoms with van der Waals surface area (Å²) in [5.41, 5.74) is 4.33. The lowest BCUT2D eigenvalue weighted by atomic mass is 9.96. The second-order valence-corrected chi connectivity index (χ2v) is 12.8. The SMILES string of the molecule is CC1(C)OCc2cc([C@H](O)CNCCCCCCOCCCCc3cccc(CNC(=O)NC4CCCCC4)c3)ccc2O1. The van der Waals surface area contributed by atoms with Gasteiger partial charge in [-0.3, -0.25) is 0 Å². The molecule has 1 heterocycles. The monoisotopic (exact) mass is 609 g/mol. The molecule has 8 heteroatoms. The number of nitrogens with one attached hydrogen (secondary N) is 3. The Hall–Kier alpha value is -2.65. The zero-order valence-corrected chi connectivity index (χ0v) is 27.0. The predicted octanol–water partition coefficient (Wildman–Crippen LogP) is 6.69. The summed E-state index contributed by atoms with van der Waals surface area (Å²) in [6, 6.07) is 14.7. The minimum atomic E-state index is -0.607. The van der Waals surface area contributed by atoms with Crippen molar-refractivity contribution in [3.63, 3.8) is 0 Å². The third-order valence-corrected chi connectivity index (χ3v) is 8.52. The van der Waals surface area contributed by atoms with E-state index in [0.717, 1.165) is 100.0 Å². The van der Waals surface area contributed by atoms with Gasteiger partial charge in [0, 0.05) is 51.8 Å². The topological polar surface area (TPSA) is 101 Å². The summed E-state index contributed by atoms with van der Waals surface area (Å²) in [7, 11) is 0. The van der Waals surface area contributed by atoms with Crippen LogP contribution in [0.1, 0.15) is 113 Å². The van der Waals surface area contributed by atoms with E-state index in [4.69, 9.17) is 14.2 Å². The van der Waals surface area contributed by atoms with Gasteiger partial charge >= 0.3 is 6.03 Å². The molecular formula is C36H55N3O5. The van der Waals surface area contributed by atoms with Crippen LogP contribution >= 0.6 is 0 Å².